The van der Waals surface area contributed by atoms with Crippen molar-refractivity contribution >= 4 is 75.8 Å². The molecule has 1 amide bonds. The van der Waals surface area contributed by atoms with Gasteiger partial charge in [0, 0.05) is 20.9 Å². The van der Waals surface area contributed by atoms with Crippen LogP contribution in [0.4, 0.5) is 10.1 Å². The number of esters is 2. The normalized spacial score (nSPS) is 14.8. The highest BCUT2D eigenvalue weighted by Crippen LogP contribution is 2.60. The monoisotopic (exact) mass is 687 g/mol. The number of hydrogen-bond donors (Lipinski definition) is 1. The first-order valence-electron chi connectivity index (χ1n) is 13.2. The van der Waals surface area contributed by atoms with Crippen molar-refractivity contribution in [3.05, 3.63) is 76.0 Å². The number of fused-ring (bicyclic) bond motifs is 1. The maximum atomic E-state index is 14.3. The van der Waals surface area contributed by atoms with Gasteiger partial charge in [0.25, 0.3) is 5.91 Å². The summed E-state index contributed by atoms with van der Waals surface area (Å²) in [6.45, 7) is 12.3. The number of anilines is 1. The van der Waals surface area contributed by atoms with Gasteiger partial charge < -0.3 is 14.4 Å². The van der Waals surface area contributed by atoms with Gasteiger partial charge in [-0.2, -0.15) is 0 Å². The van der Waals surface area contributed by atoms with Crippen LogP contribution in [0.2, 0.25) is 10.0 Å². The zero-order valence-electron chi connectivity index (χ0n) is 24.9. The molecule has 0 fully saturated rings. The van der Waals surface area contributed by atoms with E-state index < -0.39 is 60.6 Å². The van der Waals surface area contributed by atoms with Gasteiger partial charge in [-0.05, 0) is 94.3 Å². The van der Waals surface area contributed by atoms with E-state index in [-0.39, 0.29) is 16.3 Å². The fourth-order valence-electron chi connectivity index (χ4n) is 3.79. The van der Waals surface area contributed by atoms with Crippen LogP contribution in [0.5, 0.6) is 0 Å². The first kappa shape index (κ1) is 35.7. The van der Waals surface area contributed by atoms with Gasteiger partial charge >= 0.3 is 19.5 Å². The summed E-state index contributed by atoms with van der Waals surface area (Å²) < 4.78 is 45.3. The first-order chi connectivity index (χ1) is 20.2. The number of halogens is 3. The summed E-state index contributed by atoms with van der Waals surface area (Å²) in [6, 6.07) is 8.10. The molecule has 0 bridgehead atoms. The smallest absolute Gasteiger partial charge is 0.348 e. The minimum atomic E-state index is -5.21. The third-order valence-corrected chi connectivity index (χ3v) is 9.17. The second-order valence-electron chi connectivity index (χ2n) is 11.9. The van der Waals surface area contributed by atoms with E-state index in [0.717, 1.165) is 23.2 Å². The molecule has 0 spiro atoms. The fourth-order valence-corrected chi connectivity index (χ4v) is 6.77. The van der Waals surface area contributed by atoms with Gasteiger partial charge in [-0.25, -0.2) is 4.39 Å². The van der Waals surface area contributed by atoms with Crippen molar-refractivity contribution in [2.45, 2.75) is 53.5 Å². The zero-order valence-corrected chi connectivity index (χ0v) is 28.2. The summed E-state index contributed by atoms with van der Waals surface area (Å²) in [5, 5.41) is 2.12. The number of benzene rings is 2. The number of hydrogen-bond acceptors (Lipinski definition) is 8. The first-order valence-corrected chi connectivity index (χ1v) is 16.5. The molecule has 0 saturated carbocycles. The zero-order chi connectivity index (χ0) is 33.2. The van der Waals surface area contributed by atoms with Gasteiger partial charge in [0.05, 0.1) is 16.5 Å². The summed E-state index contributed by atoms with van der Waals surface area (Å²) in [5.41, 5.74) is -4.01. The van der Waals surface area contributed by atoms with Crippen molar-refractivity contribution in [1.82, 2.24) is 0 Å². The molecule has 9 nitrogen and oxygen atoms in total. The minimum Gasteiger partial charge on any atom is -0.459 e. The van der Waals surface area contributed by atoms with Crippen LogP contribution in [0.25, 0.3) is 10.1 Å². The number of amides is 1. The van der Waals surface area contributed by atoms with E-state index in [0.29, 0.717) is 15.1 Å². The SMILES string of the molecule is C=CN(C(=O)C(c1csc2ccc(Cl)cc12)P(=O)(O)OC(COC(=O)C(C)(C)C)OC(=O)C(C)(C)C)c1cc(F)cc(Cl)c1. The van der Waals surface area contributed by atoms with Crippen LogP contribution < -0.4 is 4.90 Å². The molecular formula is C30H33Cl2FNO8PS. The molecule has 1 aromatic heterocycles. The lowest BCUT2D eigenvalue weighted by molar-refractivity contribution is -0.187. The Morgan fingerprint density at radius 1 is 1.05 bits per heavy atom. The molecule has 2 aromatic carbocycles. The molecule has 238 valence electrons. The summed E-state index contributed by atoms with van der Waals surface area (Å²) in [5.74, 6) is -3.33. The van der Waals surface area contributed by atoms with Gasteiger partial charge in [-0.15, -0.1) is 11.3 Å². The maximum absolute atomic E-state index is 14.3. The van der Waals surface area contributed by atoms with Crippen molar-refractivity contribution in [3.8, 4) is 0 Å². The Balaban J connectivity index is 2.14. The largest absolute Gasteiger partial charge is 0.459 e. The van der Waals surface area contributed by atoms with Crippen molar-refractivity contribution in [1.29, 1.82) is 0 Å². The third kappa shape index (κ3) is 8.68. The standard InChI is InChI=1S/C30H33Cl2FNO8PS/c1-8-34(20-12-18(32)11-19(33)14-20)26(35)25(22-16-44-23-10-9-17(31)13-21(22)23)43(38,39)42-24(41-28(37)30(5,6)7)15-40-27(36)29(2,3)4/h8-14,16,24-25H,1,15H2,2-7H3,(H,38,39). The summed E-state index contributed by atoms with van der Waals surface area (Å²) in [6.07, 6.45) is -0.849. The van der Waals surface area contributed by atoms with Crippen LogP contribution in [0.1, 0.15) is 52.8 Å². The van der Waals surface area contributed by atoms with Gasteiger partial charge in [-0.1, -0.05) is 29.8 Å². The molecule has 3 unspecified atom stereocenters. The van der Waals surface area contributed by atoms with E-state index in [1.54, 1.807) is 53.7 Å². The predicted molar refractivity (Wildman–Crippen MR) is 169 cm³/mol. The van der Waals surface area contributed by atoms with Crippen LogP contribution >= 0.6 is 42.1 Å². The van der Waals surface area contributed by atoms with Gasteiger partial charge in [0.2, 0.25) is 6.29 Å². The van der Waals surface area contributed by atoms with Crippen LogP contribution in [-0.4, -0.2) is 35.6 Å². The Hall–Kier alpha value is -2.79. The number of rotatable bonds is 10. The van der Waals surface area contributed by atoms with Crippen LogP contribution in [0.15, 0.2) is 54.6 Å². The van der Waals surface area contributed by atoms with Crippen molar-refractivity contribution in [2.75, 3.05) is 11.5 Å². The Morgan fingerprint density at radius 3 is 2.25 bits per heavy atom. The topological polar surface area (TPSA) is 119 Å². The van der Waals surface area contributed by atoms with E-state index in [4.69, 9.17) is 37.2 Å². The highest BCUT2D eigenvalue weighted by molar-refractivity contribution is 7.54. The van der Waals surface area contributed by atoms with Crippen LogP contribution in [0, 0.1) is 16.6 Å². The van der Waals surface area contributed by atoms with Crippen LogP contribution in [0.3, 0.4) is 0 Å². The average Bonchev–Trinajstić information content (AvgIpc) is 3.27. The molecule has 0 aliphatic rings. The molecule has 14 heteroatoms. The molecule has 3 aromatic rings. The van der Waals surface area contributed by atoms with Crippen molar-refractivity contribution < 1.29 is 42.2 Å². The summed E-state index contributed by atoms with van der Waals surface area (Å²) >= 11 is 13.4. The van der Waals surface area contributed by atoms with E-state index in [1.807, 2.05) is 0 Å². The maximum Gasteiger partial charge on any atom is 0.348 e. The molecule has 44 heavy (non-hydrogen) atoms. The molecular weight excluding hydrogens is 655 g/mol. The van der Waals surface area contributed by atoms with Crippen molar-refractivity contribution in [2.24, 2.45) is 10.8 Å². The number of nitrogens with zero attached hydrogens (tertiary/aromatic N) is 1. The average molecular weight is 689 g/mol. The highest BCUT2D eigenvalue weighted by atomic mass is 35.5. The molecule has 3 atom stereocenters. The molecule has 0 radical (unpaired) electrons. The summed E-state index contributed by atoms with van der Waals surface area (Å²) in [4.78, 5) is 51.9. The minimum absolute atomic E-state index is 0.0396. The number of ether oxygens (including phenoxy) is 2. The third-order valence-electron chi connectivity index (χ3n) is 6.05. The molecule has 0 saturated heterocycles. The predicted octanol–water partition coefficient (Wildman–Crippen LogP) is 8.27. The highest BCUT2D eigenvalue weighted by Gasteiger charge is 2.46. The lowest BCUT2D eigenvalue weighted by Gasteiger charge is -2.30. The molecule has 0 aliphatic carbocycles. The lowest BCUT2D eigenvalue weighted by atomic mass is 9.97. The Kier molecular flexibility index (Phi) is 11.1. The van der Waals surface area contributed by atoms with Gasteiger partial charge in [-0.3, -0.25) is 28.4 Å². The Labute approximate surface area is 269 Å². The second kappa shape index (κ2) is 13.7. The van der Waals surface area contributed by atoms with E-state index in [9.17, 15) is 28.2 Å². The summed E-state index contributed by atoms with van der Waals surface area (Å²) in [7, 11) is -5.21. The van der Waals surface area contributed by atoms with E-state index in [1.165, 1.54) is 28.8 Å². The van der Waals surface area contributed by atoms with Crippen LogP contribution in [-0.2, 0) is 32.9 Å². The lowest BCUT2D eigenvalue weighted by Crippen LogP contribution is -2.36. The Bertz CT molecular complexity index is 1610. The quantitative estimate of drug-likeness (QED) is 0.128. The number of carbonyl (C=O) groups is 3. The van der Waals surface area contributed by atoms with E-state index in [2.05, 4.69) is 6.58 Å². The molecule has 3 rings (SSSR count). The molecule has 1 N–H and O–H groups in total. The number of carbonyl (C=O) groups excluding carboxylic acids is 3. The van der Waals surface area contributed by atoms with Gasteiger partial charge in [0.1, 0.15) is 5.82 Å². The molecule has 0 aliphatic heterocycles. The fraction of sp³-hybridized carbons (Fsp3) is 0.367. The van der Waals surface area contributed by atoms with E-state index >= 15 is 0 Å². The van der Waals surface area contributed by atoms with Gasteiger partial charge in [0.15, 0.2) is 12.3 Å². The van der Waals surface area contributed by atoms with Crippen molar-refractivity contribution in [3.63, 3.8) is 0 Å². The number of thiophene rings is 1. The molecule has 1 heterocycles. The Morgan fingerprint density at radius 2 is 1.68 bits per heavy atom. The second-order valence-corrected chi connectivity index (χ2v) is 15.5.